The van der Waals surface area contributed by atoms with Crippen LogP contribution in [0.1, 0.15) is 20.8 Å². The van der Waals surface area contributed by atoms with Crippen LogP contribution >= 0.6 is 34.5 Å². The first kappa shape index (κ1) is 18.4. The van der Waals surface area contributed by atoms with Crippen molar-refractivity contribution in [3.63, 3.8) is 0 Å². The summed E-state index contributed by atoms with van der Waals surface area (Å²) in [5, 5.41) is 9.61. The number of thiophene rings is 1. The van der Waals surface area contributed by atoms with Crippen LogP contribution in [0.5, 0.6) is 0 Å². The Morgan fingerprint density at radius 2 is 1.97 bits per heavy atom. The number of Topliss-reactive ketones (excluding diaryl/α,β-unsaturated/α-hetero) is 1. The van der Waals surface area contributed by atoms with Crippen LogP contribution in [0.3, 0.4) is 0 Å². The van der Waals surface area contributed by atoms with Gasteiger partial charge in [0.15, 0.2) is 5.78 Å². The van der Waals surface area contributed by atoms with Crippen LogP contribution < -0.4 is 5.32 Å². The van der Waals surface area contributed by atoms with E-state index in [1.54, 1.807) is 54.6 Å². The second-order valence-corrected chi connectivity index (χ2v) is 8.49. The SMILES string of the molecule is O=C(c1cccs1)C1C(c2ccc(Cl)cc2Cl)=NOC12C(=O)Nc1ccccc12. The fourth-order valence-electron chi connectivity index (χ4n) is 3.82. The van der Waals surface area contributed by atoms with Gasteiger partial charge in [-0.1, -0.05) is 58.7 Å². The van der Waals surface area contributed by atoms with Gasteiger partial charge >= 0.3 is 0 Å². The Morgan fingerprint density at radius 3 is 2.72 bits per heavy atom. The van der Waals surface area contributed by atoms with E-state index in [4.69, 9.17) is 28.0 Å². The second kappa shape index (κ2) is 6.69. The highest BCUT2D eigenvalue weighted by atomic mass is 35.5. The van der Waals surface area contributed by atoms with Crippen LogP contribution in [0.15, 0.2) is 65.1 Å². The molecule has 1 N–H and O–H groups in total. The molecule has 0 radical (unpaired) electrons. The molecule has 3 aromatic rings. The first-order valence-corrected chi connectivity index (χ1v) is 10.4. The number of halogens is 2. The Balaban J connectivity index is 1.72. The van der Waals surface area contributed by atoms with Gasteiger partial charge in [0.05, 0.1) is 9.90 Å². The lowest BCUT2D eigenvalue weighted by Gasteiger charge is -2.26. The van der Waals surface area contributed by atoms with E-state index in [1.807, 2.05) is 5.38 Å². The summed E-state index contributed by atoms with van der Waals surface area (Å²) in [6.07, 6.45) is 0. The van der Waals surface area contributed by atoms with Crippen molar-refractivity contribution in [2.45, 2.75) is 5.60 Å². The summed E-state index contributed by atoms with van der Waals surface area (Å²) in [4.78, 5) is 33.0. The molecule has 0 saturated carbocycles. The lowest BCUT2D eigenvalue weighted by molar-refractivity contribution is -0.140. The third-order valence-corrected chi connectivity index (χ3v) is 6.55. The van der Waals surface area contributed by atoms with Crippen LogP contribution in [-0.4, -0.2) is 17.4 Å². The molecule has 2 aromatic carbocycles. The molecule has 2 atom stereocenters. The van der Waals surface area contributed by atoms with Crippen molar-refractivity contribution in [2.24, 2.45) is 11.1 Å². The van der Waals surface area contributed by atoms with Gasteiger partial charge in [0.2, 0.25) is 0 Å². The number of fused-ring (bicyclic) bond motifs is 2. The minimum absolute atomic E-state index is 0.255. The van der Waals surface area contributed by atoms with Gasteiger partial charge in [0.25, 0.3) is 11.5 Å². The van der Waals surface area contributed by atoms with E-state index < -0.39 is 17.4 Å². The van der Waals surface area contributed by atoms with Gasteiger partial charge in [0, 0.05) is 21.8 Å². The summed E-state index contributed by atoms with van der Waals surface area (Å²) in [5.41, 5.74) is 0.386. The van der Waals surface area contributed by atoms with Crippen molar-refractivity contribution in [1.82, 2.24) is 0 Å². The first-order valence-electron chi connectivity index (χ1n) is 8.72. The van der Waals surface area contributed by atoms with Gasteiger partial charge in [-0.3, -0.25) is 9.59 Å². The van der Waals surface area contributed by atoms with E-state index in [-0.39, 0.29) is 5.78 Å². The number of carbonyl (C=O) groups is 2. The maximum atomic E-state index is 13.6. The molecule has 8 heteroatoms. The zero-order chi connectivity index (χ0) is 20.2. The minimum atomic E-state index is -1.59. The summed E-state index contributed by atoms with van der Waals surface area (Å²) in [6, 6.07) is 15.6. The predicted octanol–water partition coefficient (Wildman–Crippen LogP) is 5.14. The van der Waals surface area contributed by atoms with E-state index in [1.165, 1.54) is 11.3 Å². The summed E-state index contributed by atoms with van der Waals surface area (Å²) in [5.74, 6) is -1.69. The van der Waals surface area contributed by atoms with Crippen LogP contribution in [-0.2, 0) is 15.2 Å². The monoisotopic (exact) mass is 442 g/mol. The molecule has 5 rings (SSSR count). The molecule has 1 amide bonds. The number of para-hydroxylation sites is 1. The van der Waals surface area contributed by atoms with Crippen LogP contribution in [0.25, 0.3) is 0 Å². The molecule has 2 unspecified atom stereocenters. The van der Waals surface area contributed by atoms with E-state index in [2.05, 4.69) is 10.5 Å². The number of nitrogens with zero attached hydrogens (tertiary/aromatic N) is 1. The molecule has 0 aliphatic carbocycles. The smallest absolute Gasteiger partial charge is 0.277 e. The fourth-order valence-corrected chi connectivity index (χ4v) is 5.02. The number of carbonyl (C=O) groups excluding carboxylic acids is 2. The average Bonchev–Trinajstić information content (AvgIpc) is 3.42. The molecule has 0 fully saturated rings. The number of ketones is 1. The maximum absolute atomic E-state index is 13.6. The molecule has 1 spiro atoms. The number of amides is 1. The Bertz CT molecular complexity index is 1190. The number of oxime groups is 1. The Labute approximate surface area is 179 Å². The van der Waals surface area contributed by atoms with Gasteiger partial charge in [0.1, 0.15) is 11.6 Å². The average molecular weight is 443 g/mol. The van der Waals surface area contributed by atoms with Gasteiger partial charge in [-0.15, -0.1) is 11.3 Å². The number of hydrogen-bond donors (Lipinski definition) is 1. The van der Waals surface area contributed by atoms with Gasteiger partial charge < -0.3 is 10.2 Å². The van der Waals surface area contributed by atoms with Crippen molar-refractivity contribution < 1.29 is 14.4 Å². The standard InChI is InChI=1S/C21H12Cl2N2O3S/c22-11-7-8-12(14(23)10-11)18-17(19(26)16-6-3-9-29-16)21(28-25-18)13-4-1-2-5-15(13)24-20(21)27/h1-10,17H,(H,24,27). The molecule has 1 aromatic heterocycles. The quantitative estimate of drug-likeness (QED) is 0.571. The van der Waals surface area contributed by atoms with E-state index in [0.29, 0.717) is 37.4 Å². The van der Waals surface area contributed by atoms with E-state index >= 15 is 0 Å². The molecule has 2 aliphatic rings. The summed E-state index contributed by atoms with van der Waals surface area (Å²) in [6.45, 7) is 0. The highest BCUT2D eigenvalue weighted by molar-refractivity contribution is 7.12. The molecule has 29 heavy (non-hydrogen) atoms. The summed E-state index contributed by atoms with van der Waals surface area (Å²) in [7, 11) is 0. The third-order valence-electron chi connectivity index (χ3n) is 5.11. The summed E-state index contributed by atoms with van der Waals surface area (Å²) < 4.78 is 0. The molecular weight excluding hydrogens is 431 g/mol. The molecule has 0 bridgehead atoms. The zero-order valence-electron chi connectivity index (χ0n) is 14.7. The largest absolute Gasteiger partial charge is 0.373 e. The lowest BCUT2D eigenvalue weighted by atomic mass is 9.75. The molecule has 2 aliphatic heterocycles. The Kier molecular flexibility index (Phi) is 4.24. The molecule has 5 nitrogen and oxygen atoms in total. The minimum Gasteiger partial charge on any atom is -0.373 e. The van der Waals surface area contributed by atoms with Gasteiger partial charge in [-0.05, 0) is 29.6 Å². The first-order chi connectivity index (χ1) is 14.0. The van der Waals surface area contributed by atoms with Crippen molar-refractivity contribution in [1.29, 1.82) is 0 Å². The fraction of sp³-hybridized carbons (Fsp3) is 0.0952. The highest BCUT2D eigenvalue weighted by Crippen LogP contribution is 2.50. The van der Waals surface area contributed by atoms with Crippen molar-refractivity contribution in [2.75, 3.05) is 5.32 Å². The van der Waals surface area contributed by atoms with E-state index in [9.17, 15) is 9.59 Å². The third kappa shape index (κ3) is 2.64. The van der Waals surface area contributed by atoms with E-state index in [0.717, 1.165) is 0 Å². The number of rotatable bonds is 3. The predicted molar refractivity (Wildman–Crippen MR) is 113 cm³/mol. The van der Waals surface area contributed by atoms with Crippen LogP contribution in [0.4, 0.5) is 5.69 Å². The van der Waals surface area contributed by atoms with Crippen LogP contribution in [0, 0.1) is 5.92 Å². The molecular formula is C21H12Cl2N2O3S. The van der Waals surface area contributed by atoms with Gasteiger partial charge in [-0.25, -0.2) is 0 Å². The highest BCUT2D eigenvalue weighted by Gasteiger charge is 2.63. The van der Waals surface area contributed by atoms with Crippen molar-refractivity contribution in [3.8, 4) is 0 Å². The number of hydrogen-bond acceptors (Lipinski definition) is 5. The van der Waals surface area contributed by atoms with Crippen LogP contribution in [0.2, 0.25) is 10.0 Å². The lowest BCUT2D eigenvalue weighted by Crippen LogP contribution is -2.46. The Morgan fingerprint density at radius 1 is 1.14 bits per heavy atom. The normalized spacial score (nSPS) is 22.2. The molecule has 3 heterocycles. The second-order valence-electron chi connectivity index (χ2n) is 6.70. The number of benzene rings is 2. The number of anilines is 1. The molecule has 144 valence electrons. The zero-order valence-corrected chi connectivity index (χ0v) is 17.0. The van der Waals surface area contributed by atoms with Gasteiger partial charge in [-0.2, -0.15) is 0 Å². The number of nitrogens with one attached hydrogen (secondary N) is 1. The van der Waals surface area contributed by atoms with Crippen molar-refractivity contribution >= 4 is 57.6 Å². The molecule has 0 saturated heterocycles. The maximum Gasteiger partial charge on any atom is 0.277 e. The Hall–Kier alpha value is -2.67. The topological polar surface area (TPSA) is 67.8 Å². The summed E-state index contributed by atoms with van der Waals surface area (Å²) >= 11 is 13.7. The van der Waals surface area contributed by atoms with Crippen molar-refractivity contribution in [3.05, 3.63) is 86.0 Å².